The first-order chi connectivity index (χ1) is 30.5. The molecule has 0 aliphatic rings. The molecule has 0 saturated heterocycles. The Morgan fingerprint density at radius 2 is 1.02 bits per heavy atom. The second-order valence-corrected chi connectivity index (χ2v) is 20.1. The van der Waals surface area contributed by atoms with Crippen LogP contribution in [0.1, 0.15) is 79.0 Å². The van der Waals surface area contributed by atoms with Gasteiger partial charge in [0.05, 0.1) is 22.3 Å². The van der Waals surface area contributed by atoms with Gasteiger partial charge in [-0.2, -0.15) is 0 Å². The fourth-order valence-electron chi connectivity index (χ4n) is 8.50. The predicted molar refractivity (Wildman–Crippen MR) is 268 cm³/mol. The molecule has 9 rings (SSSR count). The summed E-state index contributed by atoms with van der Waals surface area (Å²) in [5.41, 5.74) is 17.0. The minimum absolute atomic E-state index is 0. The van der Waals surface area contributed by atoms with Crippen molar-refractivity contribution in [3.63, 3.8) is 0 Å². The summed E-state index contributed by atoms with van der Waals surface area (Å²) < 4.78 is 2.25. The molecule has 0 unspecified atom stereocenters. The van der Waals surface area contributed by atoms with E-state index in [1.54, 1.807) is 0 Å². The molecule has 9 aromatic rings. The van der Waals surface area contributed by atoms with Crippen LogP contribution < -0.4 is 0 Å². The van der Waals surface area contributed by atoms with E-state index in [4.69, 9.17) is 9.97 Å². The SMILES string of the molecule is CC(C)(C)c1cc(-c2cc(-c3ccc(-c4ccccc4)cc3)ccn2)[c-]c(-c2cccc3c2nc(-c2cc(C(C)(C)C)ccc2O)n3-c2ccc(C(C)(C)C)cc2-c2ccccc2)c1.[Pt]. The molecule has 0 spiro atoms. The number of pyridine rings is 1. The van der Waals surface area contributed by atoms with E-state index in [2.05, 4.69) is 219 Å². The Balaban J connectivity index is 0.00000576. The molecule has 0 amide bonds. The molecule has 0 aliphatic carbocycles. The molecule has 0 fully saturated rings. The Kier molecular flexibility index (Phi) is 12.2. The van der Waals surface area contributed by atoms with Crippen LogP contribution in [0.2, 0.25) is 0 Å². The third-order valence-corrected chi connectivity index (χ3v) is 12.4. The Labute approximate surface area is 399 Å². The zero-order chi connectivity index (χ0) is 45.0. The number of hydrogen-bond donors (Lipinski definition) is 1. The number of imidazole rings is 1. The molecule has 5 heteroatoms. The van der Waals surface area contributed by atoms with Crippen LogP contribution in [0, 0.1) is 6.07 Å². The maximum absolute atomic E-state index is 11.8. The summed E-state index contributed by atoms with van der Waals surface area (Å²) in [6.07, 6.45) is 1.90. The minimum atomic E-state index is -0.166. The van der Waals surface area contributed by atoms with E-state index in [1.807, 2.05) is 24.4 Å². The topological polar surface area (TPSA) is 50.9 Å². The molecule has 0 radical (unpaired) electrons. The van der Waals surface area contributed by atoms with E-state index in [0.717, 1.165) is 66.9 Å². The van der Waals surface area contributed by atoms with Gasteiger partial charge in [0, 0.05) is 38.5 Å². The summed E-state index contributed by atoms with van der Waals surface area (Å²) in [6, 6.07) is 61.5. The van der Waals surface area contributed by atoms with Crippen molar-refractivity contribution >= 4 is 11.0 Å². The molecule has 0 saturated carbocycles. The first-order valence-corrected chi connectivity index (χ1v) is 22.3. The van der Waals surface area contributed by atoms with Gasteiger partial charge in [-0.3, -0.25) is 9.55 Å². The van der Waals surface area contributed by atoms with Gasteiger partial charge in [-0.05, 0) is 91.6 Å². The van der Waals surface area contributed by atoms with Gasteiger partial charge in [0.25, 0.3) is 0 Å². The van der Waals surface area contributed by atoms with Gasteiger partial charge in [0.2, 0.25) is 0 Å². The summed E-state index contributed by atoms with van der Waals surface area (Å²) in [7, 11) is 0. The average Bonchev–Trinajstić information content (AvgIpc) is 3.68. The zero-order valence-electron chi connectivity index (χ0n) is 38.8. The number of para-hydroxylation sites is 1. The van der Waals surface area contributed by atoms with E-state index in [1.165, 1.54) is 22.3 Å². The Hall–Kier alpha value is -6.35. The summed E-state index contributed by atoms with van der Waals surface area (Å²) in [4.78, 5) is 10.5. The maximum Gasteiger partial charge on any atom is 0.148 e. The number of benzene rings is 7. The fourth-order valence-corrected chi connectivity index (χ4v) is 8.50. The van der Waals surface area contributed by atoms with E-state index < -0.39 is 0 Å². The van der Waals surface area contributed by atoms with Crippen molar-refractivity contribution < 1.29 is 26.2 Å². The van der Waals surface area contributed by atoms with Crippen molar-refractivity contribution in [3.8, 4) is 78.6 Å². The number of phenols is 1. The summed E-state index contributed by atoms with van der Waals surface area (Å²) in [5, 5.41) is 11.8. The van der Waals surface area contributed by atoms with Crippen LogP contribution in [0.15, 0.2) is 170 Å². The molecule has 1 N–H and O–H groups in total. The van der Waals surface area contributed by atoms with Gasteiger partial charge in [-0.25, -0.2) is 4.98 Å². The minimum Gasteiger partial charge on any atom is -0.507 e. The van der Waals surface area contributed by atoms with E-state index in [-0.39, 0.29) is 43.1 Å². The first-order valence-electron chi connectivity index (χ1n) is 22.3. The quantitative estimate of drug-likeness (QED) is 0.162. The molecule has 7 aromatic carbocycles. The number of fused-ring (bicyclic) bond motifs is 1. The monoisotopic (exact) mass is 1030 g/mol. The molecule has 0 bridgehead atoms. The largest absolute Gasteiger partial charge is 0.507 e. The zero-order valence-corrected chi connectivity index (χ0v) is 41.0. The van der Waals surface area contributed by atoms with Crippen molar-refractivity contribution in [3.05, 3.63) is 193 Å². The van der Waals surface area contributed by atoms with Gasteiger partial charge < -0.3 is 5.11 Å². The molecule has 328 valence electrons. The van der Waals surface area contributed by atoms with Crippen LogP contribution >= 0.6 is 0 Å². The second-order valence-electron chi connectivity index (χ2n) is 20.1. The molecule has 2 aromatic heterocycles. The molecule has 2 heterocycles. The molecular weight excluding hydrogens is 974 g/mol. The van der Waals surface area contributed by atoms with Crippen LogP contribution in [0.25, 0.3) is 83.9 Å². The number of rotatable bonds is 7. The predicted octanol–water partition coefficient (Wildman–Crippen LogP) is 15.8. The van der Waals surface area contributed by atoms with Crippen molar-refractivity contribution in [2.75, 3.05) is 0 Å². The van der Waals surface area contributed by atoms with Crippen molar-refractivity contribution in [1.82, 2.24) is 14.5 Å². The molecule has 0 atom stereocenters. The summed E-state index contributed by atoms with van der Waals surface area (Å²) in [5.74, 6) is 0.856. The number of aromatic nitrogens is 3. The fraction of sp³-hybridized carbons (Fsp3) is 0.200. The second kappa shape index (κ2) is 17.6. The van der Waals surface area contributed by atoms with Gasteiger partial charge in [0.15, 0.2) is 0 Å². The van der Waals surface area contributed by atoms with E-state index in [9.17, 15) is 5.11 Å². The third-order valence-electron chi connectivity index (χ3n) is 12.4. The van der Waals surface area contributed by atoms with Crippen molar-refractivity contribution in [2.45, 2.75) is 78.6 Å². The van der Waals surface area contributed by atoms with Crippen LogP contribution in [0.3, 0.4) is 0 Å². The van der Waals surface area contributed by atoms with Crippen LogP contribution in [0.4, 0.5) is 0 Å². The molecular formula is C60H56N3OPt-. The number of aromatic hydroxyl groups is 1. The average molecular weight is 1030 g/mol. The van der Waals surface area contributed by atoms with Crippen LogP contribution in [-0.2, 0) is 37.3 Å². The van der Waals surface area contributed by atoms with E-state index >= 15 is 0 Å². The maximum atomic E-state index is 11.8. The Bertz CT molecular complexity index is 3150. The van der Waals surface area contributed by atoms with Crippen molar-refractivity contribution in [2.24, 2.45) is 0 Å². The Morgan fingerprint density at radius 1 is 0.462 bits per heavy atom. The number of hydrogen-bond acceptors (Lipinski definition) is 3. The normalized spacial score (nSPS) is 12.0. The number of phenolic OH excluding ortho intramolecular Hbond substituents is 1. The van der Waals surface area contributed by atoms with Gasteiger partial charge in [-0.15, -0.1) is 29.3 Å². The number of nitrogens with zero attached hydrogens (tertiary/aromatic N) is 3. The van der Waals surface area contributed by atoms with Crippen molar-refractivity contribution in [1.29, 1.82) is 0 Å². The smallest absolute Gasteiger partial charge is 0.148 e. The van der Waals surface area contributed by atoms with Gasteiger partial charge in [0.1, 0.15) is 11.6 Å². The standard InChI is InChI=1S/C60H56N3O.Pt/c1-58(2,3)46-27-29-53(50(37-46)42-19-14-11-15-20-42)63-54-22-16-21-49(56(54)62-57(63)51-38-47(59(4,5)6)28-30-55(51)64)44-33-45(35-48(34-44)60(7,8)9)52-36-43(31-32-61-52)41-25-23-40(24-26-41)39-17-12-10-13-18-39;/h10-32,34-38,64H,1-9H3;/q-1;. The van der Waals surface area contributed by atoms with Gasteiger partial charge in [-0.1, -0.05) is 189 Å². The molecule has 0 aliphatic heterocycles. The molecule has 65 heavy (non-hydrogen) atoms. The van der Waals surface area contributed by atoms with E-state index in [0.29, 0.717) is 11.4 Å². The first kappa shape index (κ1) is 45.2. The van der Waals surface area contributed by atoms with Crippen LogP contribution in [-0.4, -0.2) is 19.6 Å². The van der Waals surface area contributed by atoms with Gasteiger partial charge >= 0.3 is 0 Å². The summed E-state index contributed by atoms with van der Waals surface area (Å²) >= 11 is 0. The molecule has 4 nitrogen and oxygen atoms in total. The van der Waals surface area contributed by atoms with Crippen LogP contribution in [0.5, 0.6) is 5.75 Å². The third kappa shape index (κ3) is 9.15. The summed E-state index contributed by atoms with van der Waals surface area (Å²) in [6.45, 7) is 20.1. The Morgan fingerprint density at radius 3 is 1.65 bits per heavy atom.